The van der Waals surface area contributed by atoms with Crippen molar-refractivity contribution in [1.29, 1.82) is 0 Å². The van der Waals surface area contributed by atoms with Gasteiger partial charge in [0.25, 0.3) is 0 Å². The first-order valence-electron chi connectivity index (χ1n) is 5.62. The number of rotatable bonds is 7. The van der Waals surface area contributed by atoms with Gasteiger partial charge in [-0.05, 0) is 18.9 Å². The summed E-state index contributed by atoms with van der Waals surface area (Å²) in [4.78, 5) is 0. The molecule has 0 saturated carbocycles. The Bertz CT molecular complexity index is 315. The van der Waals surface area contributed by atoms with E-state index in [9.17, 15) is 0 Å². The first-order valence-corrected chi connectivity index (χ1v) is 5.62. The van der Waals surface area contributed by atoms with Crippen LogP contribution >= 0.6 is 0 Å². The molecule has 86 valence electrons. The molecule has 1 N–H and O–H groups in total. The molecule has 0 amide bonds. The van der Waals surface area contributed by atoms with Crippen LogP contribution in [-0.4, -0.2) is 25.8 Å². The Morgan fingerprint density at radius 1 is 1.38 bits per heavy atom. The van der Waals surface area contributed by atoms with Crippen LogP contribution in [0.1, 0.15) is 12.5 Å². The minimum atomic E-state index is 0.206. The minimum Gasteiger partial charge on any atom is -0.377 e. The van der Waals surface area contributed by atoms with E-state index in [0.717, 1.165) is 19.6 Å². The predicted octanol–water partition coefficient (Wildman–Crippen LogP) is 1.86. The molecule has 0 aromatic heterocycles. The summed E-state index contributed by atoms with van der Waals surface area (Å²) in [5.41, 5.74) is 1.31. The molecule has 0 saturated heterocycles. The molecule has 1 aromatic rings. The standard InChI is InChI=1S/C14H19NO/c1-3-10-15-12-13(2)16-11-9-14-7-5-4-6-8-14/h1,4-8,13,15H,9-12H2,2H3. The van der Waals surface area contributed by atoms with Gasteiger partial charge in [-0.3, -0.25) is 0 Å². The zero-order valence-electron chi connectivity index (χ0n) is 9.78. The van der Waals surface area contributed by atoms with Crippen LogP contribution in [0.4, 0.5) is 0 Å². The maximum absolute atomic E-state index is 5.66. The van der Waals surface area contributed by atoms with Crippen molar-refractivity contribution in [2.24, 2.45) is 0 Å². The number of hydrogen-bond acceptors (Lipinski definition) is 2. The summed E-state index contributed by atoms with van der Waals surface area (Å²) in [6.07, 6.45) is 6.30. The van der Waals surface area contributed by atoms with E-state index in [1.54, 1.807) is 0 Å². The Morgan fingerprint density at radius 2 is 2.12 bits per heavy atom. The fourth-order valence-corrected chi connectivity index (χ4v) is 1.43. The summed E-state index contributed by atoms with van der Waals surface area (Å²) in [5.74, 6) is 2.54. The van der Waals surface area contributed by atoms with Crippen LogP contribution in [-0.2, 0) is 11.2 Å². The first-order chi connectivity index (χ1) is 7.83. The third kappa shape index (κ3) is 5.55. The molecule has 1 aromatic carbocycles. The lowest BCUT2D eigenvalue weighted by atomic mass is 10.2. The molecule has 0 aliphatic rings. The van der Waals surface area contributed by atoms with Gasteiger partial charge >= 0.3 is 0 Å². The zero-order chi connectivity index (χ0) is 11.6. The van der Waals surface area contributed by atoms with Crippen LogP contribution in [0.5, 0.6) is 0 Å². The third-order valence-electron chi connectivity index (χ3n) is 2.29. The highest BCUT2D eigenvalue weighted by atomic mass is 16.5. The van der Waals surface area contributed by atoms with Gasteiger partial charge in [-0.25, -0.2) is 0 Å². The van der Waals surface area contributed by atoms with Gasteiger partial charge in [0.2, 0.25) is 0 Å². The lowest BCUT2D eigenvalue weighted by Crippen LogP contribution is -2.27. The molecule has 0 spiro atoms. The van der Waals surface area contributed by atoms with E-state index in [-0.39, 0.29) is 6.10 Å². The van der Waals surface area contributed by atoms with Crippen molar-refractivity contribution in [1.82, 2.24) is 5.32 Å². The molecular weight excluding hydrogens is 198 g/mol. The highest BCUT2D eigenvalue weighted by molar-refractivity contribution is 5.14. The van der Waals surface area contributed by atoms with Gasteiger partial charge in [0.05, 0.1) is 19.3 Å². The molecule has 0 fully saturated rings. The lowest BCUT2D eigenvalue weighted by molar-refractivity contribution is 0.0690. The molecule has 0 radical (unpaired) electrons. The van der Waals surface area contributed by atoms with E-state index in [2.05, 4.69) is 30.3 Å². The van der Waals surface area contributed by atoms with Crippen LogP contribution in [0.25, 0.3) is 0 Å². The van der Waals surface area contributed by atoms with Crippen molar-refractivity contribution in [2.75, 3.05) is 19.7 Å². The van der Waals surface area contributed by atoms with Crippen LogP contribution in [0.2, 0.25) is 0 Å². The molecule has 1 rings (SSSR count). The van der Waals surface area contributed by atoms with Crippen molar-refractivity contribution in [2.45, 2.75) is 19.4 Å². The van der Waals surface area contributed by atoms with Crippen molar-refractivity contribution in [3.8, 4) is 12.3 Å². The van der Waals surface area contributed by atoms with E-state index in [0.29, 0.717) is 6.54 Å². The van der Waals surface area contributed by atoms with Crippen LogP contribution < -0.4 is 5.32 Å². The Labute approximate surface area is 98.0 Å². The third-order valence-corrected chi connectivity index (χ3v) is 2.29. The maximum Gasteiger partial charge on any atom is 0.0671 e. The fraction of sp³-hybridized carbons (Fsp3) is 0.429. The maximum atomic E-state index is 5.66. The molecule has 1 unspecified atom stereocenters. The Morgan fingerprint density at radius 3 is 2.81 bits per heavy atom. The zero-order valence-corrected chi connectivity index (χ0v) is 9.78. The summed E-state index contributed by atoms with van der Waals surface area (Å²) in [6, 6.07) is 10.4. The van der Waals surface area contributed by atoms with Crippen molar-refractivity contribution in [3.63, 3.8) is 0 Å². The molecule has 16 heavy (non-hydrogen) atoms. The summed E-state index contributed by atoms with van der Waals surface area (Å²) < 4.78 is 5.66. The highest BCUT2D eigenvalue weighted by Crippen LogP contribution is 2.00. The number of nitrogens with one attached hydrogen (secondary N) is 1. The second kappa shape index (κ2) is 7.92. The second-order valence-corrected chi connectivity index (χ2v) is 3.75. The molecular formula is C14H19NO. The second-order valence-electron chi connectivity index (χ2n) is 3.75. The van der Waals surface area contributed by atoms with Gasteiger partial charge in [0, 0.05) is 6.54 Å². The average molecular weight is 217 g/mol. The van der Waals surface area contributed by atoms with Gasteiger partial charge < -0.3 is 10.1 Å². The topological polar surface area (TPSA) is 21.3 Å². The highest BCUT2D eigenvalue weighted by Gasteiger charge is 2.00. The minimum absolute atomic E-state index is 0.206. The monoisotopic (exact) mass is 217 g/mol. The number of ether oxygens (including phenoxy) is 1. The summed E-state index contributed by atoms with van der Waals surface area (Å²) in [5, 5.41) is 3.12. The first kappa shape index (κ1) is 12.8. The van der Waals surface area contributed by atoms with E-state index < -0.39 is 0 Å². The Balaban J connectivity index is 2.09. The van der Waals surface area contributed by atoms with E-state index >= 15 is 0 Å². The summed E-state index contributed by atoms with van der Waals surface area (Å²) in [6.45, 7) is 4.21. The van der Waals surface area contributed by atoms with Gasteiger partial charge in [0.1, 0.15) is 0 Å². The summed E-state index contributed by atoms with van der Waals surface area (Å²) >= 11 is 0. The van der Waals surface area contributed by atoms with Gasteiger partial charge in [-0.1, -0.05) is 36.3 Å². The van der Waals surface area contributed by atoms with Gasteiger partial charge in [0.15, 0.2) is 0 Å². The van der Waals surface area contributed by atoms with Gasteiger partial charge in [-0.15, -0.1) is 6.42 Å². The molecule has 0 heterocycles. The van der Waals surface area contributed by atoms with Crippen LogP contribution in [0, 0.1) is 12.3 Å². The number of hydrogen-bond donors (Lipinski definition) is 1. The molecule has 1 atom stereocenters. The number of terminal acetylenes is 1. The largest absolute Gasteiger partial charge is 0.377 e. The van der Waals surface area contributed by atoms with Crippen molar-refractivity contribution in [3.05, 3.63) is 35.9 Å². The SMILES string of the molecule is C#CCNCC(C)OCCc1ccccc1. The van der Waals surface area contributed by atoms with Crippen molar-refractivity contribution < 1.29 is 4.74 Å². The Hall–Kier alpha value is -1.30. The van der Waals surface area contributed by atoms with Crippen LogP contribution in [0.15, 0.2) is 30.3 Å². The molecule has 2 heteroatoms. The molecule has 0 aliphatic carbocycles. The molecule has 2 nitrogen and oxygen atoms in total. The average Bonchev–Trinajstić information content (AvgIpc) is 2.31. The van der Waals surface area contributed by atoms with E-state index in [4.69, 9.17) is 11.2 Å². The fourth-order valence-electron chi connectivity index (χ4n) is 1.43. The normalized spacial score (nSPS) is 12.0. The van der Waals surface area contributed by atoms with E-state index in [1.165, 1.54) is 5.56 Å². The molecule has 0 aliphatic heterocycles. The smallest absolute Gasteiger partial charge is 0.0671 e. The number of benzene rings is 1. The predicted molar refractivity (Wildman–Crippen MR) is 67.3 cm³/mol. The van der Waals surface area contributed by atoms with Crippen LogP contribution in [0.3, 0.4) is 0 Å². The van der Waals surface area contributed by atoms with Gasteiger partial charge in [-0.2, -0.15) is 0 Å². The summed E-state index contributed by atoms with van der Waals surface area (Å²) in [7, 11) is 0. The Kier molecular flexibility index (Phi) is 6.32. The van der Waals surface area contributed by atoms with E-state index in [1.807, 2.05) is 18.2 Å². The molecule has 0 bridgehead atoms. The quantitative estimate of drug-likeness (QED) is 0.556. The lowest BCUT2D eigenvalue weighted by Gasteiger charge is -2.12. The van der Waals surface area contributed by atoms with Crippen molar-refractivity contribution >= 4 is 0 Å².